The number of benzene rings is 1. The van der Waals surface area contributed by atoms with E-state index >= 15 is 0 Å². The molecule has 0 aliphatic carbocycles. The van der Waals surface area contributed by atoms with Crippen LogP contribution in [-0.2, 0) is 4.79 Å². The maximum absolute atomic E-state index is 11.8. The molecule has 0 radical (unpaired) electrons. The summed E-state index contributed by atoms with van der Waals surface area (Å²) >= 11 is 0. The number of amides is 1. The lowest BCUT2D eigenvalue weighted by atomic mass is 10.3. The smallest absolute Gasteiger partial charge is 0.264 e. The SMILES string of the molecule is COc1cc(C)nc(NC(=O)COc2cccc(N)c2)n1. The van der Waals surface area contributed by atoms with Crippen LogP contribution in [-0.4, -0.2) is 29.6 Å². The average molecular weight is 288 g/mol. The van der Waals surface area contributed by atoms with Gasteiger partial charge in [-0.15, -0.1) is 0 Å². The predicted molar refractivity (Wildman–Crippen MR) is 78.3 cm³/mol. The van der Waals surface area contributed by atoms with Crippen LogP contribution in [0.2, 0.25) is 0 Å². The summed E-state index contributed by atoms with van der Waals surface area (Å²) in [4.78, 5) is 19.9. The number of nitrogens with one attached hydrogen (secondary N) is 1. The number of aromatic nitrogens is 2. The lowest BCUT2D eigenvalue weighted by Crippen LogP contribution is -2.21. The largest absolute Gasteiger partial charge is 0.484 e. The number of hydrogen-bond donors (Lipinski definition) is 2. The van der Waals surface area contributed by atoms with Crippen LogP contribution in [0.5, 0.6) is 11.6 Å². The Bertz CT molecular complexity index is 646. The van der Waals surface area contributed by atoms with Crippen LogP contribution in [0.25, 0.3) is 0 Å². The van der Waals surface area contributed by atoms with Gasteiger partial charge in [0.2, 0.25) is 11.8 Å². The van der Waals surface area contributed by atoms with Crippen molar-refractivity contribution in [2.75, 3.05) is 24.8 Å². The molecule has 0 aliphatic rings. The summed E-state index contributed by atoms with van der Waals surface area (Å²) in [6.07, 6.45) is 0. The summed E-state index contributed by atoms with van der Waals surface area (Å²) in [5, 5.41) is 2.54. The number of carbonyl (C=O) groups is 1. The molecular formula is C14H16N4O3. The molecule has 1 aromatic heterocycles. The van der Waals surface area contributed by atoms with Gasteiger partial charge in [-0.05, 0) is 19.1 Å². The maximum Gasteiger partial charge on any atom is 0.264 e. The van der Waals surface area contributed by atoms with E-state index in [-0.39, 0.29) is 18.5 Å². The average Bonchev–Trinajstić information content (AvgIpc) is 2.44. The van der Waals surface area contributed by atoms with Gasteiger partial charge in [0.05, 0.1) is 7.11 Å². The molecule has 0 saturated heterocycles. The molecule has 21 heavy (non-hydrogen) atoms. The van der Waals surface area contributed by atoms with Crippen molar-refractivity contribution in [2.24, 2.45) is 0 Å². The Hall–Kier alpha value is -2.83. The van der Waals surface area contributed by atoms with Gasteiger partial charge >= 0.3 is 0 Å². The zero-order valence-corrected chi connectivity index (χ0v) is 11.8. The van der Waals surface area contributed by atoms with Crippen molar-refractivity contribution in [1.29, 1.82) is 0 Å². The Morgan fingerprint density at radius 3 is 2.86 bits per heavy atom. The lowest BCUT2D eigenvalue weighted by Gasteiger charge is -2.08. The van der Waals surface area contributed by atoms with Crippen LogP contribution >= 0.6 is 0 Å². The van der Waals surface area contributed by atoms with Crippen molar-refractivity contribution < 1.29 is 14.3 Å². The summed E-state index contributed by atoms with van der Waals surface area (Å²) in [5.74, 6) is 0.709. The first kappa shape index (κ1) is 14.6. The van der Waals surface area contributed by atoms with E-state index in [0.717, 1.165) is 0 Å². The molecule has 2 rings (SSSR count). The highest BCUT2D eigenvalue weighted by Crippen LogP contribution is 2.14. The van der Waals surface area contributed by atoms with Gasteiger partial charge in [-0.25, -0.2) is 4.98 Å². The molecule has 1 aromatic carbocycles. The molecule has 0 unspecified atom stereocenters. The quantitative estimate of drug-likeness (QED) is 0.807. The first-order valence-corrected chi connectivity index (χ1v) is 6.24. The Kier molecular flexibility index (Phi) is 4.55. The second kappa shape index (κ2) is 6.56. The molecule has 3 N–H and O–H groups in total. The van der Waals surface area contributed by atoms with E-state index < -0.39 is 0 Å². The van der Waals surface area contributed by atoms with Gasteiger partial charge in [-0.1, -0.05) is 6.07 Å². The summed E-state index contributed by atoms with van der Waals surface area (Å²) < 4.78 is 10.3. The van der Waals surface area contributed by atoms with Crippen LogP contribution in [0.3, 0.4) is 0 Å². The van der Waals surface area contributed by atoms with Gasteiger partial charge < -0.3 is 15.2 Å². The maximum atomic E-state index is 11.8. The Labute approximate surface area is 122 Å². The molecule has 0 fully saturated rings. The van der Waals surface area contributed by atoms with Crippen LogP contribution in [0.15, 0.2) is 30.3 Å². The van der Waals surface area contributed by atoms with Crippen LogP contribution in [0.4, 0.5) is 11.6 Å². The summed E-state index contributed by atoms with van der Waals surface area (Å²) in [7, 11) is 1.50. The molecule has 7 nitrogen and oxygen atoms in total. The minimum absolute atomic E-state index is 0.164. The van der Waals surface area contributed by atoms with E-state index in [4.69, 9.17) is 15.2 Å². The van der Waals surface area contributed by atoms with Crippen molar-refractivity contribution in [3.8, 4) is 11.6 Å². The number of rotatable bonds is 5. The van der Waals surface area contributed by atoms with Gasteiger partial charge in [-0.3, -0.25) is 10.1 Å². The molecule has 0 spiro atoms. The number of carbonyl (C=O) groups excluding carboxylic acids is 1. The first-order chi connectivity index (χ1) is 10.1. The summed E-state index contributed by atoms with van der Waals surface area (Å²) in [6, 6.07) is 8.51. The van der Waals surface area contributed by atoms with Gasteiger partial charge in [0.1, 0.15) is 5.75 Å². The third-order valence-corrected chi connectivity index (χ3v) is 2.52. The van der Waals surface area contributed by atoms with Crippen molar-refractivity contribution in [3.63, 3.8) is 0 Å². The molecule has 2 aromatic rings. The zero-order valence-electron chi connectivity index (χ0n) is 11.8. The Balaban J connectivity index is 1.94. The number of anilines is 2. The molecular weight excluding hydrogens is 272 g/mol. The molecule has 0 atom stereocenters. The van der Waals surface area contributed by atoms with E-state index in [9.17, 15) is 4.79 Å². The zero-order chi connectivity index (χ0) is 15.2. The third kappa shape index (κ3) is 4.34. The number of nitrogen functional groups attached to an aromatic ring is 1. The Morgan fingerprint density at radius 1 is 1.33 bits per heavy atom. The fourth-order valence-electron chi connectivity index (χ4n) is 1.61. The molecule has 0 saturated carbocycles. The number of nitrogens with zero attached hydrogens (tertiary/aromatic N) is 2. The van der Waals surface area contributed by atoms with Gasteiger partial charge in [-0.2, -0.15) is 4.98 Å². The van der Waals surface area contributed by atoms with Crippen molar-refractivity contribution in [3.05, 3.63) is 36.0 Å². The highest BCUT2D eigenvalue weighted by Gasteiger charge is 2.08. The number of methoxy groups -OCH3 is 1. The molecule has 0 bridgehead atoms. The van der Waals surface area contributed by atoms with Crippen molar-refractivity contribution >= 4 is 17.5 Å². The molecule has 0 aliphatic heterocycles. The van der Waals surface area contributed by atoms with Crippen molar-refractivity contribution in [2.45, 2.75) is 6.92 Å². The molecule has 7 heteroatoms. The topological polar surface area (TPSA) is 99.4 Å². The van der Waals surface area contributed by atoms with Crippen LogP contribution < -0.4 is 20.5 Å². The van der Waals surface area contributed by atoms with Crippen molar-refractivity contribution in [1.82, 2.24) is 9.97 Å². The standard InChI is InChI=1S/C14H16N4O3/c1-9-6-13(20-2)18-14(16-9)17-12(19)8-21-11-5-3-4-10(15)7-11/h3-7H,8,15H2,1-2H3,(H,16,17,18,19). The number of aryl methyl sites for hydroxylation is 1. The fourth-order valence-corrected chi connectivity index (χ4v) is 1.61. The summed E-state index contributed by atoms with van der Waals surface area (Å²) in [6.45, 7) is 1.62. The highest BCUT2D eigenvalue weighted by molar-refractivity contribution is 5.90. The second-order valence-electron chi connectivity index (χ2n) is 4.28. The first-order valence-electron chi connectivity index (χ1n) is 6.24. The third-order valence-electron chi connectivity index (χ3n) is 2.52. The molecule has 1 heterocycles. The number of ether oxygens (including phenoxy) is 2. The van der Waals surface area contributed by atoms with E-state index in [0.29, 0.717) is 23.0 Å². The van der Waals surface area contributed by atoms with Crippen LogP contribution in [0.1, 0.15) is 5.69 Å². The number of nitrogens with two attached hydrogens (primary N) is 1. The van der Waals surface area contributed by atoms with Crippen LogP contribution in [0, 0.1) is 6.92 Å². The van der Waals surface area contributed by atoms with Gasteiger partial charge in [0, 0.05) is 23.5 Å². The minimum atomic E-state index is -0.370. The van der Waals surface area contributed by atoms with Gasteiger partial charge in [0.15, 0.2) is 6.61 Å². The normalized spacial score (nSPS) is 10.0. The van der Waals surface area contributed by atoms with E-state index in [1.165, 1.54) is 7.11 Å². The summed E-state index contributed by atoms with van der Waals surface area (Å²) in [5.41, 5.74) is 6.88. The Morgan fingerprint density at radius 2 is 2.14 bits per heavy atom. The molecule has 1 amide bonds. The van der Waals surface area contributed by atoms with E-state index in [1.54, 1.807) is 37.3 Å². The van der Waals surface area contributed by atoms with E-state index in [2.05, 4.69) is 15.3 Å². The van der Waals surface area contributed by atoms with E-state index in [1.807, 2.05) is 0 Å². The predicted octanol–water partition coefficient (Wildman–Crippen LogP) is 1.39. The molecule has 110 valence electrons. The highest BCUT2D eigenvalue weighted by atomic mass is 16.5. The second-order valence-corrected chi connectivity index (χ2v) is 4.28. The number of hydrogen-bond acceptors (Lipinski definition) is 6. The monoisotopic (exact) mass is 288 g/mol. The van der Waals surface area contributed by atoms with Gasteiger partial charge in [0.25, 0.3) is 5.91 Å². The lowest BCUT2D eigenvalue weighted by molar-refractivity contribution is -0.118. The fraction of sp³-hybridized carbons (Fsp3) is 0.214. The minimum Gasteiger partial charge on any atom is -0.484 e.